The third-order valence-electron chi connectivity index (χ3n) is 7.73. The topological polar surface area (TPSA) is 133 Å². The molecule has 6 atom stereocenters. The number of likely N-dealkylation sites (tertiary alicyclic amines) is 1. The minimum Gasteiger partial charge on any atom is -0.480 e. The third kappa shape index (κ3) is 4.67. The molecular formula is C23H29FN6O4. The number of hydrogen-bond acceptors (Lipinski definition) is 7. The molecule has 0 radical (unpaired) electrons. The first kappa shape index (κ1) is 22.9. The van der Waals surface area contributed by atoms with Crippen molar-refractivity contribution in [3.05, 3.63) is 30.1 Å². The molecule has 6 unspecified atom stereocenters. The highest BCUT2D eigenvalue weighted by molar-refractivity contribution is 5.74. The van der Waals surface area contributed by atoms with Crippen molar-refractivity contribution in [1.29, 1.82) is 0 Å². The minimum absolute atomic E-state index is 0.214. The van der Waals surface area contributed by atoms with Gasteiger partial charge < -0.3 is 15.5 Å². The normalized spacial score (nSPS) is 31.8. The minimum atomic E-state index is -0.858. The Morgan fingerprint density at radius 2 is 1.85 bits per heavy atom. The number of rotatable bonds is 6. The molecule has 10 nitrogen and oxygen atoms in total. The molecule has 3 heterocycles. The van der Waals surface area contributed by atoms with E-state index >= 15 is 0 Å². The predicted octanol–water partition coefficient (Wildman–Crippen LogP) is 1.66. The maximum Gasteiger partial charge on any atom is 0.321 e. The largest absolute Gasteiger partial charge is 0.480 e. The molecule has 3 fully saturated rings. The number of benzene rings is 1. The van der Waals surface area contributed by atoms with Gasteiger partial charge in [0, 0.05) is 18.7 Å². The first-order valence-electron chi connectivity index (χ1n) is 11.9. The fourth-order valence-electron chi connectivity index (χ4n) is 5.95. The maximum atomic E-state index is 13.2. The molecule has 182 valence electrons. The van der Waals surface area contributed by atoms with Crippen molar-refractivity contribution >= 4 is 11.9 Å². The van der Waals surface area contributed by atoms with Gasteiger partial charge in [0.15, 0.2) is 0 Å². The molecule has 11 heteroatoms. The average Bonchev–Trinajstić information content (AvgIpc) is 3.47. The predicted molar refractivity (Wildman–Crippen MR) is 118 cm³/mol. The van der Waals surface area contributed by atoms with E-state index in [-0.39, 0.29) is 11.9 Å². The Labute approximate surface area is 196 Å². The van der Waals surface area contributed by atoms with Crippen LogP contribution in [0.3, 0.4) is 0 Å². The zero-order chi connectivity index (χ0) is 23.8. The molecule has 2 aliphatic heterocycles. The number of carboxylic acid groups (broad SMARTS) is 2. The number of piperidine rings is 1. The zero-order valence-electron chi connectivity index (χ0n) is 18.8. The lowest BCUT2D eigenvalue weighted by Crippen LogP contribution is -2.50. The molecule has 3 N–H and O–H groups in total. The molecule has 2 aromatic rings. The second kappa shape index (κ2) is 9.38. The highest BCUT2D eigenvalue weighted by atomic mass is 19.1. The summed E-state index contributed by atoms with van der Waals surface area (Å²) < 4.78 is 13.2. The number of fused-ring (bicyclic) bond motifs is 1. The molecule has 34 heavy (non-hydrogen) atoms. The highest BCUT2D eigenvalue weighted by Gasteiger charge is 2.42. The van der Waals surface area contributed by atoms with Gasteiger partial charge >= 0.3 is 11.9 Å². The van der Waals surface area contributed by atoms with Crippen LogP contribution in [0.4, 0.5) is 4.39 Å². The Morgan fingerprint density at radius 3 is 2.59 bits per heavy atom. The van der Waals surface area contributed by atoms with Crippen molar-refractivity contribution < 1.29 is 24.2 Å². The van der Waals surface area contributed by atoms with Gasteiger partial charge in [-0.25, -0.2) is 4.39 Å². The lowest BCUT2D eigenvalue weighted by molar-refractivity contribution is -0.143. The number of aliphatic carboxylic acids is 2. The van der Waals surface area contributed by atoms with E-state index in [2.05, 4.69) is 20.7 Å². The first-order chi connectivity index (χ1) is 16.4. The van der Waals surface area contributed by atoms with Gasteiger partial charge in [0.25, 0.3) is 0 Å². The Morgan fingerprint density at radius 1 is 1.06 bits per heavy atom. The molecule has 1 aromatic carbocycles. The summed E-state index contributed by atoms with van der Waals surface area (Å²) in [4.78, 5) is 26.9. The van der Waals surface area contributed by atoms with E-state index < -0.39 is 24.0 Å². The van der Waals surface area contributed by atoms with E-state index in [1.807, 2.05) is 4.90 Å². The van der Waals surface area contributed by atoms with Crippen LogP contribution in [0.5, 0.6) is 0 Å². The van der Waals surface area contributed by atoms with Crippen LogP contribution in [-0.4, -0.2) is 79.0 Å². The van der Waals surface area contributed by atoms with E-state index in [0.717, 1.165) is 25.8 Å². The number of hydrogen-bond donors (Lipinski definition) is 3. The molecule has 0 amide bonds. The van der Waals surface area contributed by atoms with Gasteiger partial charge in [-0.1, -0.05) is 0 Å². The summed E-state index contributed by atoms with van der Waals surface area (Å²) in [6, 6.07) is 4.52. The summed E-state index contributed by atoms with van der Waals surface area (Å²) in [5, 5.41) is 35.0. The molecule has 1 aliphatic carbocycles. The second-order valence-corrected chi connectivity index (χ2v) is 9.87. The maximum absolute atomic E-state index is 13.2. The molecule has 3 aliphatic rings. The molecule has 0 spiro atoms. The lowest BCUT2D eigenvalue weighted by atomic mass is 9.69. The number of carbonyl (C=O) groups is 2. The van der Waals surface area contributed by atoms with E-state index in [1.54, 1.807) is 12.1 Å². The van der Waals surface area contributed by atoms with Crippen LogP contribution < -0.4 is 5.32 Å². The number of tetrazole rings is 1. The Kier molecular flexibility index (Phi) is 6.30. The van der Waals surface area contributed by atoms with Crippen molar-refractivity contribution in [2.45, 2.75) is 50.2 Å². The van der Waals surface area contributed by atoms with E-state index in [4.69, 9.17) is 0 Å². The number of nitrogens with zero attached hydrogens (tertiary/aromatic N) is 5. The van der Waals surface area contributed by atoms with Gasteiger partial charge in [-0.05, 0) is 85.9 Å². The van der Waals surface area contributed by atoms with Crippen molar-refractivity contribution in [3.63, 3.8) is 0 Å². The summed E-state index contributed by atoms with van der Waals surface area (Å²) >= 11 is 0. The molecule has 1 saturated carbocycles. The van der Waals surface area contributed by atoms with Gasteiger partial charge in [0.2, 0.25) is 5.82 Å². The quantitative estimate of drug-likeness (QED) is 0.574. The summed E-state index contributed by atoms with van der Waals surface area (Å²) in [5.41, 5.74) is 0.649. The molecule has 0 bridgehead atoms. The molecular weight excluding hydrogens is 443 g/mol. The molecule has 2 saturated heterocycles. The van der Waals surface area contributed by atoms with Crippen LogP contribution in [0.25, 0.3) is 11.4 Å². The number of aromatic nitrogens is 4. The van der Waals surface area contributed by atoms with E-state index in [1.165, 1.54) is 16.9 Å². The van der Waals surface area contributed by atoms with E-state index in [0.29, 0.717) is 55.1 Å². The van der Waals surface area contributed by atoms with Crippen molar-refractivity contribution in [2.75, 3.05) is 19.6 Å². The van der Waals surface area contributed by atoms with Crippen LogP contribution in [-0.2, 0) is 9.59 Å². The summed E-state index contributed by atoms with van der Waals surface area (Å²) in [6.45, 7) is 1.92. The van der Waals surface area contributed by atoms with Gasteiger partial charge in [-0.2, -0.15) is 4.80 Å². The zero-order valence-corrected chi connectivity index (χ0v) is 18.8. The van der Waals surface area contributed by atoms with Gasteiger partial charge in [0.05, 0.1) is 6.04 Å². The second-order valence-electron chi connectivity index (χ2n) is 9.87. The number of nitrogens with one attached hydrogen (secondary N) is 1. The number of halogens is 1. The fourth-order valence-corrected chi connectivity index (χ4v) is 5.95. The fraction of sp³-hybridized carbons (Fsp3) is 0.609. The van der Waals surface area contributed by atoms with Crippen molar-refractivity contribution in [2.24, 2.45) is 17.8 Å². The van der Waals surface area contributed by atoms with Gasteiger partial charge in [-0.3, -0.25) is 14.5 Å². The summed E-state index contributed by atoms with van der Waals surface area (Å²) in [5.74, 6) is -0.424. The third-order valence-corrected chi connectivity index (χ3v) is 7.73. The van der Waals surface area contributed by atoms with Gasteiger partial charge in [-0.15, -0.1) is 10.2 Å². The molecule has 1 aromatic heterocycles. The van der Waals surface area contributed by atoms with Crippen LogP contribution in [0, 0.1) is 23.6 Å². The van der Waals surface area contributed by atoms with E-state index in [9.17, 15) is 24.2 Å². The van der Waals surface area contributed by atoms with Crippen LogP contribution in [0.15, 0.2) is 24.3 Å². The van der Waals surface area contributed by atoms with Crippen molar-refractivity contribution in [1.82, 2.24) is 30.4 Å². The van der Waals surface area contributed by atoms with Crippen LogP contribution in [0.2, 0.25) is 0 Å². The monoisotopic (exact) mass is 472 g/mol. The van der Waals surface area contributed by atoms with Crippen LogP contribution >= 0.6 is 0 Å². The Bertz CT molecular complexity index is 1050. The Hall–Kier alpha value is -2.92. The summed E-state index contributed by atoms with van der Waals surface area (Å²) in [7, 11) is 0. The summed E-state index contributed by atoms with van der Waals surface area (Å²) in [6.07, 6.45) is 4.01. The average molecular weight is 473 g/mol. The smallest absolute Gasteiger partial charge is 0.321 e. The SMILES string of the molecule is O=C(O)C1CC2CC(CN3CC(n4nnc(-c5ccc(F)cc5)n4)CC3C(=O)O)CCC2CN1. The first-order valence-corrected chi connectivity index (χ1v) is 11.9. The highest BCUT2D eigenvalue weighted by Crippen LogP contribution is 2.40. The molecule has 5 rings (SSSR count). The van der Waals surface area contributed by atoms with Crippen molar-refractivity contribution in [3.8, 4) is 11.4 Å². The lowest BCUT2D eigenvalue weighted by Gasteiger charge is -2.42. The van der Waals surface area contributed by atoms with Gasteiger partial charge in [0.1, 0.15) is 17.9 Å². The Balaban J connectivity index is 1.24. The van der Waals surface area contributed by atoms with Crippen LogP contribution in [0.1, 0.15) is 38.1 Å². The standard InChI is InChI=1S/C23H29FN6O4/c24-17-5-3-14(4-6-17)21-26-28-30(27-21)18-9-20(23(33)34)29(12-18)11-13-1-2-15-10-25-19(22(31)32)8-16(15)7-13/h3-6,13,15-16,18-20,25H,1-2,7-12H2,(H,31,32)(H,33,34). The number of carboxylic acids is 2.